The molecule has 2 aliphatic heterocycles. The first kappa shape index (κ1) is 20.6. The molecule has 6 heteroatoms. The normalized spacial score (nSPS) is 55.5. The number of alkyl halides is 1. The first-order chi connectivity index (χ1) is 14.4. The summed E-state index contributed by atoms with van der Waals surface area (Å²) in [5, 5.41) is 0. The zero-order valence-corrected chi connectivity index (χ0v) is 19.6. The molecule has 3 saturated carbocycles. The van der Waals surface area contributed by atoms with E-state index in [1.165, 1.54) is 5.57 Å². The molecule has 6 rings (SSSR count). The summed E-state index contributed by atoms with van der Waals surface area (Å²) in [4.78, 5) is 25.6. The van der Waals surface area contributed by atoms with Crippen molar-refractivity contribution < 1.29 is 23.8 Å². The average molecular weight is 447 g/mol. The van der Waals surface area contributed by atoms with E-state index in [9.17, 15) is 9.59 Å². The molecule has 0 aromatic heterocycles. The van der Waals surface area contributed by atoms with E-state index in [4.69, 9.17) is 25.8 Å². The number of carbonyl (C=O) groups is 2. The Bertz CT molecular complexity index is 969. The number of ether oxygens (including phenoxy) is 3. The predicted octanol–water partition coefficient (Wildman–Crippen LogP) is 3.98. The van der Waals surface area contributed by atoms with Crippen LogP contribution in [-0.4, -0.2) is 46.6 Å². The van der Waals surface area contributed by atoms with Crippen molar-refractivity contribution in [1.29, 1.82) is 0 Å². The van der Waals surface area contributed by atoms with Crippen molar-refractivity contribution in [2.45, 2.75) is 83.1 Å². The zero-order chi connectivity index (χ0) is 22.2. The minimum absolute atomic E-state index is 0.0311. The van der Waals surface area contributed by atoms with Gasteiger partial charge in [0.15, 0.2) is 23.0 Å². The maximum atomic E-state index is 13.4. The van der Waals surface area contributed by atoms with Gasteiger partial charge >= 0.3 is 0 Å². The Kier molecular flexibility index (Phi) is 3.80. The molecule has 0 unspecified atom stereocenters. The third-order valence-electron chi connectivity index (χ3n) is 9.79. The molecule has 0 radical (unpaired) electrons. The average Bonchev–Trinajstić information content (AvgIpc) is 3.28. The summed E-state index contributed by atoms with van der Waals surface area (Å²) >= 11 is 6.15. The van der Waals surface area contributed by atoms with Crippen molar-refractivity contribution in [1.82, 2.24) is 0 Å². The molecule has 0 aromatic carbocycles. The number of Topliss-reactive ketones (excluding diaryl/α,β-unsaturated/α-hetero) is 1. The van der Waals surface area contributed by atoms with Crippen molar-refractivity contribution in [2.75, 3.05) is 5.88 Å². The van der Waals surface area contributed by atoms with Crippen LogP contribution in [0.1, 0.15) is 53.9 Å². The molecule has 168 valence electrons. The number of hydrogen-bond acceptors (Lipinski definition) is 5. The predicted molar refractivity (Wildman–Crippen MR) is 115 cm³/mol. The summed E-state index contributed by atoms with van der Waals surface area (Å²) in [5.74, 6) is -0.114. The summed E-state index contributed by atoms with van der Waals surface area (Å²) in [7, 11) is 0. The Morgan fingerprint density at radius 1 is 1.13 bits per heavy atom. The van der Waals surface area contributed by atoms with Crippen LogP contribution in [0.25, 0.3) is 0 Å². The number of fused-ring (bicyclic) bond motifs is 5. The summed E-state index contributed by atoms with van der Waals surface area (Å²) < 4.78 is 19.5. The molecule has 0 bridgehead atoms. The van der Waals surface area contributed by atoms with Crippen molar-refractivity contribution >= 4 is 23.2 Å². The van der Waals surface area contributed by atoms with Crippen molar-refractivity contribution in [2.24, 2.45) is 28.6 Å². The quantitative estimate of drug-likeness (QED) is 0.474. The van der Waals surface area contributed by atoms with E-state index < -0.39 is 16.8 Å². The second-order valence-corrected chi connectivity index (χ2v) is 11.8. The van der Waals surface area contributed by atoms with Gasteiger partial charge in [-0.1, -0.05) is 25.5 Å². The topological polar surface area (TPSA) is 65.1 Å². The van der Waals surface area contributed by atoms with Crippen molar-refractivity contribution in [3.05, 3.63) is 23.8 Å². The molecule has 1 spiro atoms. The third-order valence-corrected chi connectivity index (χ3v) is 10.0. The summed E-state index contributed by atoms with van der Waals surface area (Å²) in [5.41, 5.74) is -0.845. The highest BCUT2D eigenvalue weighted by Gasteiger charge is 2.85. The van der Waals surface area contributed by atoms with Crippen molar-refractivity contribution in [3.63, 3.8) is 0 Å². The monoisotopic (exact) mass is 446 g/mol. The molecule has 5 fully saturated rings. The summed E-state index contributed by atoms with van der Waals surface area (Å²) in [6.07, 6.45) is 7.82. The number of ketones is 2. The van der Waals surface area contributed by atoms with Gasteiger partial charge in [0.1, 0.15) is 5.60 Å². The Labute approximate surface area is 188 Å². The molecule has 6 aliphatic rings. The molecule has 0 N–H and O–H groups in total. The highest BCUT2D eigenvalue weighted by Crippen LogP contribution is 2.78. The van der Waals surface area contributed by atoms with Gasteiger partial charge in [0.2, 0.25) is 0 Å². The van der Waals surface area contributed by atoms with Crippen LogP contribution in [-0.2, 0) is 23.8 Å². The number of halogens is 1. The maximum absolute atomic E-state index is 13.4. The molecular weight excluding hydrogens is 416 g/mol. The standard InChI is InChI=1S/C25H31ClO5/c1-13-8-17-16-10-19-25(18(28)12-26,31-21(2,3)29-19)23(16,5)11-20-24(17,30-20)22(4)7-6-14(27)9-15(13)22/h6-7,9,13,16-17,19-20H,8,10-12H2,1-5H3/t13-,16-,17-,19+,20-,22-,23-,24+,25+/m0/s1. The van der Waals surface area contributed by atoms with E-state index in [2.05, 4.69) is 26.8 Å². The Balaban J connectivity index is 1.48. The van der Waals surface area contributed by atoms with Gasteiger partial charge in [-0.25, -0.2) is 0 Å². The van der Waals surface area contributed by atoms with Gasteiger partial charge in [-0.2, -0.15) is 0 Å². The largest absolute Gasteiger partial charge is 0.364 e. The lowest BCUT2D eigenvalue weighted by Gasteiger charge is -2.57. The van der Waals surface area contributed by atoms with E-state index in [1.807, 2.05) is 19.9 Å². The lowest BCUT2D eigenvalue weighted by atomic mass is 9.45. The first-order valence-corrected chi connectivity index (χ1v) is 12.1. The smallest absolute Gasteiger partial charge is 0.182 e. The van der Waals surface area contributed by atoms with E-state index in [0.717, 1.165) is 19.3 Å². The van der Waals surface area contributed by atoms with Crippen LogP contribution < -0.4 is 0 Å². The Morgan fingerprint density at radius 2 is 1.87 bits per heavy atom. The fourth-order valence-electron chi connectivity index (χ4n) is 8.73. The van der Waals surface area contributed by atoms with Gasteiger partial charge < -0.3 is 14.2 Å². The van der Waals surface area contributed by atoms with Crippen LogP contribution >= 0.6 is 11.6 Å². The Morgan fingerprint density at radius 3 is 2.58 bits per heavy atom. The van der Waals surface area contributed by atoms with Crippen LogP contribution in [0.15, 0.2) is 23.8 Å². The molecule has 9 atom stereocenters. The minimum Gasteiger partial charge on any atom is -0.364 e. The van der Waals surface area contributed by atoms with Crippen LogP contribution in [0.3, 0.4) is 0 Å². The molecule has 2 heterocycles. The fraction of sp³-hybridized carbons (Fsp3) is 0.760. The molecule has 31 heavy (non-hydrogen) atoms. The molecule has 0 aromatic rings. The third kappa shape index (κ3) is 2.11. The van der Waals surface area contributed by atoms with Crippen molar-refractivity contribution in [3.8, 4) is 0 Å². The number of epoxide rings is 1. The minimum atomic E-state index is -1.03. The second kappa shape index (κ2) is 5.72. The SMILES string of the molecule is C[C@H]1C[C@H]2[C@@H]3C[C@H]4OC(C)(C)O[C@@]4(C(=O)CCl)[C@@]3(C)C[C@@H]3O[C@@]32[C@@]2(C)C=CC(=O)C=C12. The molecule has 5 nitrogen and oxygen atoms in total. The van der Waals surface area contributed by atoms with Crippen LogP contribution in [0.4, 0.5) is 0 Å². The highest BCUT2D eigenvalue weighted by molar-refractivity contribution is 6.29. The number of carbonyl (C=O) groups excluding carboxylic acids is 2. The van der Waals surface area contributed by atoms with Crippen LogP contribution in [0.2, 0.25) is 0 Å². The maximum Gasteiger partial charge on any atom is 0.182 e. The highest BCUT2D eigenvalue weighted by atomic mass is 35.5. The van der Waals surface area contributed by atoms with Crippen LogP contribution in [0.5, 0.6) is 0 Å². The summed E-state index contributed by atoms with van der Waals surface area (Å²) in [6, 6.07) is 0. The van der Waals surface area contributed by atoms with Gasteiger partial charge in [0.05, 0.1) is 18.1 Å². The molecular formula is C25H31ClO5. The Hall–Kier alpha value is -1.01. The van der Waals surface area contributed by atoms with E-state index in [0.29, 0.717) is 0 Å². The molecule has 0 amide bonds. The fourth-order valence-corrected chi connectivity index (χ4v) is 8.93. The number of hydrogen-bond donors (Lipinski definition) is 0. The molecule has 2 saturated heterocycles. The first-order valence-electron chi connectivity index (χ1n) is 11.6. The number of allylic oxidation sites excluding steroid dienone is 2. The zero-order valence-electron chi connectivity index (χ0n) is 18.9. The number of rotatable bonds is 2. The van der Waals surface area contributed by atoms with E-state index in [-0.39, 0.29) is 58.4 Å². The van der Waals surface area contributed by atoms with Crippen LogP contribution in [0, 0.1) is 28.6 Å². The lowest BCUT2D eigenvalue weighted by molar-refractivity contribution is -0.209. The van der Waals surface area contributed by atoms with Gasteiger partial charge in [-0.3, -0.25) is 9.59 Å². The van der Waals surface area contributed by atoms with Gasteiger partial charge in [-0.05, 0) is 69.9 Å². The van der Waals surface area contributed by atoms with E-state index >= 15 is 0 Å². The van der Waals surface area contributed by atoms with Gasteiger partial charge in [0.25, 0.3) is 0 Å². The lowest BCUT2D eigenvalue weighted by Crippen LogP contribution is -2.63. The second-order valence-electron chi connectivity index (χ2n) is 11.5. The summed E-state index contributed by atoms with van der Waals surface area (Å²) in [6.45, 7) is 10.4. The van der Waals surface area contributed by atoms with Gasteiger partial charge in [-0.15, -0.1) is 11.6 Å². The van der Waals surface area contributed by atoms with Gasteiger partial charge in [0, 0.05) is 10.8 Å². The van der Waals surface area contributed by atoms with E-state index in [1.54, 1.807) is 6.08 Å². The molecule has 4 aliphatic carbocycles.